The summed E-state index contributed by atoms with van der Waals surface area (Å²) >= 11 is 0. The van der Waals surface area contributed by atoms with Crippen molar-refractivity contribution in [3.63, 3.8) is 0 Å². The number of urea groups is 1. The van der Waals surface area contributed by atoms with E-state index in [0.29, 0.717) is 19.0 Å². The predicted octanol–water partition coefficient (Wildman–Crippen LogP) is 2.67. The smallest absolute Gasteiger partial charge is 0.320 e. The number of carbonyl (C=O) groups is 1. The highest BCUT2D eigenvalue weighted by molar-refractivity contribution is 5.94. The highest BCUT2D eigenvalue weighted by Crippen LogP contribution is 2.23. The van der Waals surface area contributed by atoms with Gasteiger partial charge in [0.15, 0.2) is 5.82 Å². The number of anilines is 2. The fourth-order valence-electron chi connectivity index (χ4n) is 3.32. The Balaban J connectivity index is 1.42. The van der Waals surface area contributed by atoms with Crippen LogP contribution in [0.3, 0.4) is 0 Å². The number of methoxy groups -OCH3 is 1. The molecule has 1 unspecified atom stereocenters. The van der Waals surface area contributed by atoms with E-state index in [2.05, 4.69) is 31.1 Å². The van der Waals surface area contributed by atoms with E-state index in [1.165, 1.54) is 0 Å². The van der Waals surface area contributed by atoms with Crippen molar-refractivity contribution in [2.45, 2.75) is 18.5 Å². The number of H-pyrrole nitrogens is 1. The van der Waals surface area contributed by atoms with Crippen molar-refractivity contribution in [2.75, 3.05) is 37.6 Å². The zero-order chi connectivity index (χ0) is 20.1. The van der Waals surface area contributed by atoms with Crippen LogP contribution >= 0.6 is 0 Å². The van der Waals surface area contributed by atoms with Crippen LogP contribution in [0.5, 0.6) is 0 Å². The number of fused-ring (bicyclic) bond motifs is 1. The molecule has 0 spiro atoms. The Morgan fingerprint density at radius 3 is 3.00 bits per heavy atom. The van der Waals surface area contributed by atoms with Crippen molar-refractivity contribution in [3.05, 3.63) is 48.2 Å². The number of ether oxygens (including phenoxy) is 2. The minimum atomic E-state index is -0.358. The van der Waals surface area contributed by atoms with Crippen molar-refractivity contribution >= 4 is 28.6 Å². The van der Waals surface area contributed by atoms with Crippen LogP contribution in [0.1, 0.15) is 18.0 Å². The molecule has 1 fully saturated rings. The summed E-state index contributed by atoms with van der Waals surface area (Å²) in [5.74, 6) is 1.17. The van der Waals surface area contributed by atoms with Crippen molar-refractivity contribution in [1.82, 2.24) is 20.5 Å². The Morgan fingerprint density at radius 2 is 2.24 bits per heavy atom. The van der Waals surface area contributed by atoms with Crippen molar-refractivity contribution in [2.24, 2.45) is 0 Å². The molecule has 0 saturated carbocycles. The molecular weight excluding hydrogens is 372 g/mol. The number of aromatic nitrogens is 3. The van der Waals surface area contributed by atoms with E-state index in [1.54, 1.807) is 19.4 Å². The van der Waals surface area contributed by atoms with E-state index in [9.17, 15) is 4.79 Å². The number of nitrogens with zero attached hydrogens (tertiary/aromatic N) is 2. The highest BCUT2D eigenvalue weighted by Gasteiger charge is 2.18. The minimum Gasteiger partial charge on any atom is -0.382 e. The summed E-state index contributed by atoms with van der Waals surface area (Å²) in [4.78, 5) is 16.8. The molecule has 1 aliphatic rings. The van der Waals surface area contributed by atoms with Crippen LogP contribution in [0, 0.1) is 0 Å². The minimum absolute atomic E-state index is 0.251. The summed E-state index contributed by atoms with van der Waals surface area (Å²) in [5, 5.41) is 17.2. The Kier molecular flexibility index (Phi) is 5.87. The maximum Gasteiger partial charge on any atom is 0.320 e. The van der Waals surface area contributed by atoms with Crippen LogP contribution in [0.2, 0.25) is 0 Å². The molecule has 9 nitrogen and oxygen atoms in total. The maximum absolute atomic E-state index is 12.5. The standard InChI is InChI=1S/C20H24N6O3/c1-28-12-17(13-5-3-2-4-6-13)23-20(27)24-18-9-16-15(10-21-18)19(26-25-16)22-14-7-8-29-11-14/h2-6,9-10,14,17H,7-8,11-12H2,1H3,(H2,22,25,26)(H2,21,23,24,27)/t14?,17-/m1/s1. The second kappa shape index (κ2) is 8.89. The SMILES string of the molecule is COC[C@@H](NC(=O)Nc1cc2[nH]nc(NC3CCOC3)c2cn1)c1ccccc1. The molecular formula is C20H24N6O3. The predicted molar refractivity (Wildman–Crippen MR) is 110 cm³/mol. The van der Waals surface area contributed by atoms with Crippen LogP contribution in [0.4, 0.5) is 16.4 Å². The van der Waals surface area contributed by atoms with Crippen molar-refractivity contribution < 1.29 is 14.3 Å². The van der Waals surface area contributed by atoms with Gasteiger partial charge in [-0.1, -0.05) is 30.3 Å². The van der Waals surface area contributed by atoms with Gasteiger partial charge in [0.25, 0.3) is 0 Å². The van der Waals surface area contributed by atoms with Gasteiger partial charge in [-0.25, -0.2) is 9.78 Å². The molecule has 0 bridgehead atoms. The molecule has 3 aromatic rings. The molecule has 2 atom stereocenters. The van der Waals surface area contributed by atoms with Gasteiger partial charge in [0.05, 0.1) is 36.2 Å². The Bertz CT molecular complexity index is 955. The van der Waals surface area contributed by atoms with E-state index in [-0.39, 0.29) is 18.1 Å². The first-order chi connectivity index (χ1) is 14.2. The van der Waals surface area contributed by atoms with Gasteiger partial charge in [-0.15, -0.1) is 0 Å². The first-order valence-electron chi connectivity index (χ1n) is 9.52. The second-order valence-electron chi connectivity index (χ2n) is 6.91. The molecule has 1 aliphatic heterocycles. The van der Waals surface area contributed by atoms with Crippen molar-refractivity contribution in [3.8, 4) is 0 Å². The van der Waals surface area contributed by atoms with Crippen LogP contribution < -0.4 is 16.0 Å². The molecule has 2 amide bonds. The number of pyridine rings is 1. The van der Waals surface area contributed by atoms with Gasteiger partial charge < -0.3 is 20.1 Å². The molecule has 2 aromatic heterocycles. The third-order valence-corrected chi connectivity index (χ3v) is 4.80. The molecule has 152 valence electrons. The van der Waals surface area contributed by atoms with Crippen molar-refractivity contribution in [1.29, 1.82) is 0 Å². The van der Waals surface area contributed by atoms with E-state index in [4.69, 9.17) is 9.47 Å². The van der Waals surface area contributed by atoms with E-state index in [0.717, 1.165) is 35.3 Å². The number of hydrogen-bond donors (Lipinski definition) is 4. The molecule has 0 radical (unpaired) electrons. The lowest BCUT2D eigenvalue weighted by Crippen LogP contribution is -2.35. The number of amides is 2. The lowest BCUT2D eigenvalue weighted by Gasteiger charge is -2.18. The molecule has 9 heteroatoms. The summed E-state index contributed by atoms with van der Waals surface area (Å²) in [7, 11) is 1.60. The summed E-state index contributed by atoms with van der Waals surface area (Å²) in [6.45, 7) is 1.80. The topological polar surface area (TPSA) is 113 Å². The van der Waals surface area contributed by atoms with E-state index >= 15 is 0 Å². The fraction of sp³-hybridized carbons (Fsp3) is 0.350. The third kappa shape index (κ3) is 4.64. The molecule has 3 heterocycles. The van der Waals surface area contributed by atoms with E-state index < -0.39 is 0 Å². The summed E-state index contributed by atoms with van der Waals surface area (Å²) in [6.07, 6.45) is 2.64. The average Bonchev–Trinajstić information content (AvgIpc) is 3.39. The largest absolute Gasteiger partial charge is 0.382 e. The Morgan fingerprint density at radius 1 is 1.38 bits per heavy atom. The van der Waals surface area contributed by atoms with Crippen LogP contribution in [0.15, 0.2) is 42.6 Å². The molecule has 1 aromatic carbocycles. The molecule has 1 saturated heterocycles. The summed E-state index contributed by atoms with van der Waals surface area (Å²) in [6, 6.07) is 11.1. The number of rotatable bonds is 7. The normalized spacial score (nSPS) is 17.2. The third-order valence-electron chi connectivity index (χ3n) is 4.80. The molecule has 4 N–H and O–H groups in total. The maximum atomic E-state index is 12.5. The zero-order valence-electron chi connectivity index (χ0n) is 16.1. The lowest BCUT2D eigenvalue weighted by molar-refractivity contribution is 0.168. The quantitative estimate of drug-likeness (QED) is 0.488. The molecule has 0 aliphatic carbocycles. The second-order valence-corrected chi connectivity index (χ2v) is 6.91. The zero-order valence-corrected chi connectivity index (χ0v) is 16.1. The van der Waals surface area contributed by atoms with E-state index in [1.807, 2.05) is 30.3 Å². The van der Waals surface area contributed by atoms with Gasteiger partial charge in [-0.05, 0) is 12.0 Å². The van der Waals surface area contributed by atoms with Gasteiger partial charge >= 0.3 is 6.03 Å². The first kappa shape index (κ1) is 19.2. The fourth-order valence-corrected chi connectivity index (χ4v) is 3.32. The summed E-state index contributed by atoms with van der Waals surface area (Å²) in [5.41, 5.74) is 1.75. The summed E-state index contributed by atoms with van der Waals surface area (Å²) < 4.78 is 10.6. The van der Waals surface area contributed by atoms with Gasteiger partial charge in [0.1, 0.15) is 5.82 Å². The highest BCUT2D eigenvalue weighted by atomic mass is 16.5. The Hall–Kier alpha value is -3.17. The number of aromatic amines is 1. The van der Waals surface area contributed by atoms with Crippen LogP contribution in [-0.4, -0.2) is 54.2 Å². The number of carbonyl (C=O) groups excluding carboxylic acids is 1. The van der Waals surface area contributed by atoms with Crippen LogP contribution in [0.25, 0.3) is 10.9 Å². The van der Waals surface area contributed by atoms with Gasteiger partial charge in [0, 0.05) is 26.0 Å². The van der Waals surface area contributed by atoms with Gasteiger partial charge in [-0.2, -0.15) is 5.10 Å². The number of nitrogens with one attached hydrogen (secondary N) is 4. The monoisotopic (exact) mass is 396 g/mol. The molecule has 29 heavy (non-hydrogen) atoms. The number of hydrogen-bond acceptors (Lipinski definition) is 6. The first-order valence-corrected chi connectivity index (χ1v) is 9.52. The molecule has 4 rings (SSSR count). The lowest BCUT2D eigenvalue weighted by atomic mass is 10.1. The van der Waals surface area contributed by atoms with Gasteiger partial charge in [0.2, 0.25) is 0 Å². The van der Waals surface area contributed by atoms with Crippen LogP contribution in [-0.2, 0) is 9.47 Å². The average molecular weight is 396 g/mol. The van der Waals surface area contributed by atoms with Gasteiger partial charge in [-0.3, -0.25) is 10.4 Å². The Labute approximate surface area is 168 Å². The number of benzene rings is 1.